The van der Waals surface area contributed by atoms with E-state index < -0.39 is 12.0 Å². The van der Waals surface area contributed by atoms with Crippen molar-refractivity contribution in [1.29, 1.82) is 0 Å². The summed E-state index contributed by atoms with van der Waals surface area (Å²) in [5.41, 5.74) is 0. The summed E-state index contributed by atoms with van der Waals surface area (Å²) in [7, 11) is 0. The molecular formula is C10H16N2O3. The van der Waals surface area contributed by atoms with Crippen LogP contribution in [0.4, 0.5) is 0 Å². The van der Waals surface area contributed by atoms with Crippen LogP contribution in [0.1, 0.15) is 19.3 Å². The summed E-state index contributed by atoms with van der Waals surface area (Å²) in [6.45, 7) is 1.87. The molecule has 0 aliphatic carbocycles. The Morgan fingerprint density at radius 2 is 2.00 bits per heavy atom. The topological polar surface area (TPSA) is 78.4 Å². The van der Waals surface area contributed by atoms with Gasteiger partial charge in [0.2, 0.25) is 5.91 Å². The third-order valence-corrected chi connectivity index (χ3v) is 3.39. The molecule has 2 fully saturated rings. The van der Waals surface area contributed by atoms with Gasteiger partial charge in [0.1, 0.15) is 6.04 Å². The molecule has 5 heteroatoms. The van der Waals surface area contributed by atoms with Crippen LogP contribution in [0.3, 0.4) is 0 Å². The number of hydrogen-bond donors (Lipinski definition) is 3. The van der Waals surface area contributed by atoms with Gasteiger partial charge in [-0.3, -0.25) is 4.79 Å². The molecule has 3 N–H and O–H groups in total. The molecule has 0 bridgehead atoms. The van der Waals surface area contributed by atoms with Crippen LogP contribution in [0.15, 0.2) is 0 Å². The normalized spacial score (nSPS) is 32.7. The molecule has 0 aromatic rings. The van der Waals surface area contributed by atoms with Gasteiger partial charge in [0.05, 0.1) is 0 Å². The number of nitrogens with one attached hydrogen (secondary N) is 2. The maximum Gasteiger partial charge on any atom is 0.326 e. The summed E-state index contributed by atoms with van der Waals surface area (Å²) in [5, 5.41) is 14.6. The Bertz CT molecular complexity index is 274. The number of carboxylic acid groups (broad SMARTS) is 1. The lowest BCUT2D eigenvalue weighted by Gasteiger charge is -2.26. The van der Waals surface area contributed by atoms with E-state index in [-0.39, 0.29) is 11.8 Å². The van der Waals surface area contributed by atoms with Gasteiger partial charge in [-0.15, -0.1) is 0 Å². The summed E-state index contributed by atoms with van der Waals surface area (Å²) in [6.07, 6.45) is 2.41. The predicted molar refractivity (Wildman–Crippen MR) is 53.3 cm³/mol. The van der Waals surface area contributed by atoms with Gasteiger partial charge in [0.15, 0.2) is 0 Å². The Hall–Kier alpha value is -1.10. The number of carboxylic acids is 1. The molecule has 2 rings (SSSR count). The zero-order valence-electron chi connectivity index (χ0n) is 8.53. The molecule has 5 nitrogen and oxygen atoms in total. The van der Waals surface area contributed by atoms with E-state index in [0.717, 1.165) is 25.9 Å². The van der Waals surface area contributed by atoms with Gasteiger partial charge in [-0.2, -0.15) is 0 Å². The molecule has 2 saturated heterocycles. The van der Waals surface area contributed by atoms with Crippen LogP contribution < -0.4 is 10.6 Å². The first-order valence-corrected chi connectivity index (χ1v) is 5.42. The van der Waals surface area contributed by atoms with E-state index in [1.807, 2.05) is 0 Å². The van der Waals surface area contributed by atoms with Crippen molar-refractivity contribution in [3.05, 3.63) is 0 Å². The first-order valence-electron chi connectivity index (χ1n) is 5.42. The second-order valence-electron chi connectivity index (χ2n) is 4.33. The zero-order chi connectivity index (χ0) is 10.8. The highest BCUT2D eigenvalue weighted by molar-refractivity contribution is 5.89. The predicted octanol–water partition coefficient (Wildman–Crippen LogP) is -0.425. The molecule has 1 amide bonds. The summed E-state index contributed by atoms with van der Waals surface area (Å²) in [5.74, 6) is -0.724. The Morgan fingerprint density at radius 3 is 2.53 bits per heavy atom. The average molecular weight is 212 g/mol. The van der Waals surface area contributed by atoms with E-state index in [2.05, 4.69) is 10.6 Å². The minimum Gasteiger partial charge on any atom is -0.480 e. The second-order valence-corrected chi connectivity index (χ2v) is 4.33. The summed E-state index contributed by atoms with van der Waals surface area (Å²) in [4.78, 5) is 22.3. The minimum atomic E-state index is -0.917. The van der Waals surface area contributed by atoms with E-state index in [0.29, 0.717) is 12.3 Å². The minimum absolute atomic E-state index is 0.0747. The quantitative estimate of drug-likeness (QED) is 0.580. The van der Waals surface area contributed by atoms with E-state index >= 15 is 0 Å². The van der Waals surface area contributed by atoms with E-state index in [9.17, 15) is 9.59 Å². The maximum atomic E-state index is 11.6. The van der Waals surface area contributed by atoms with Gasteiger partial charge >= 0.3 is 5.97 Å². The summed E-state index contributed by atoms with van der Waals surface area (Å²) < 4.78 is 0. The Balaban J connectivity index is 1.97. The van der Waals surface area contributed by atoms with Gasteiger partial charge in [-0.25, -0.2) is 4.79 Å². The number of carbonyl (C=O) groups excluding carboxylic acids is 1. The fourth-order valence-electron chi connectivity index (χ4n) is 2.51. The SMILES string of the molecule is O=C(O)C1CC(C2CCNCC2)C(=O)N1. The first-order chi connectivity index (χ1) is 7.18. The van der Waals surface area contributed by atoms with Crippen molar-refractivity contribution in [2.45, 2.75) is 25.3 Å². The number of rotatable bonds is 2. The lowest BCUT2D eigenvalue weighted by atomic mass is 9.83. The standard InChI is InChI=1S/C10H16N2O3/c13-9-7(5-8(12-9)10(14)15)6-1-3-11-4-2-6/h6-8,11H,1-5H2,(H,12,13)(H,14,15). The van der Waals surface area contributed by atoms with Crippen LogP contribution in [0.25, 0.3) is 0 Å². The summed E-state index contributed by atoms with van der Waals surface area (Å²) >= 11 is 0. The molecule has 0 radical (unpaired) electrons. The van der Waals surface area contributed by atoms with Crippen molar-refractivity contribution in [2.24, 2.45) is 11.8 Å². The first kappa shape index (κ1) is 10.4. The number of aliphatic carboxylic acids is 1. The number of hydrogen-bond acceptors (Lipinski definition) is 3. The monoisotopic (exact) mass is 212 g/mol. The molecule has 84 valence electrons. The number of carbonyl (C=O) groups is 2. The van der Waals surface area contributed by atoms with Gasteiger partial charge < -0.3 is 15.7 Å². The van der Waals surface area contributed by atoms with Gasteiger partial charge in [-0.1, -0.05) is 0 Å². The van der Waals surface area contributed by atoms with Crippen LogP contribution in [0.2, 0.25) is 0 Å². The van der Waals surface area contributed by atoms with E-state index in [1.165, 1.54) is 0 Å². The van der Waals surface area contributed by atoms with Gasteiger partial charge in [0, 0.05) is 5.92 Å². The molecular weight excluding hydrogens is 196 g/mol. The Morgan fingerprint density at radius 1 is 1.33 bits per heavy atom. The van der Waals surface area contributed by atoms with Crippen LogP contribution in [-0.4, -0.2) is 36.1 Å². The summed E-state index contributed by atoms with van der Waals surface area (Å²) in [6, 6.07) is -0.669. The zero-order valence-corrected chi connectivity index (χ0v) is 8.53. The fourth-order valence-corrected chi connectivity index (χ4v) is 2.51. The average Bonchev–Trinajstić information content (AvgIpc) is 2.62. The van der Waals surface area contributed by atoms with Crippen molar-refractivity contribution in [1.82, 2.24) is 10.6 Å². The van der Waals surface area contributed by atoms with Crippen molar-refractivity contribution >= 4 is 11.9 Å². The molecule has 2 unspecified atom stereocenters. The Labute approximate surface area is 88.2 Å². The van der Waals surface area contributed by atoms with E-state index in [4.69, 9.17) is 5.11 Å². The highest BCUT2D eigenvalue weighted by atomic mass is 16.4. The lowest BCUT2D eigenvalue weighted by Crippen LogP contribution is -2.35. The molecule has 2 aliphatic rings. The molecule has 15 heavy (non-hydrogen) atoms. The van der Waals surface area contributed by atoms with Crippen molar-refractivity contribution in [3.8, 4) is 0 Å². The van der Waals surface area contributed by atoms with Gasteiger partial charge in [-0.05, 0) is 38.3 Å². The Kier molecular flexibility index (Phi) is 2.90. The molecule has 0 spiro atoms. The fraction of sp³-hybridized carbons (Fsp3) is 0.800. The highest BCUT2D eigenvalue weighted by Gasteiger charge is 2.40. The molecule has 0 aromatic carbocycles. The van der Waals surface area contributed by atoms with Gasteiger partial charge in [0.25, 0.3) is 0 Å². The third kappa shape index (κ3) is 2.12. The maximum absolute atomic E-state index is 11.6. The molecule has 2 aliphatic heterocycles. The largest absolute Gasteiger partial charge is 0.480 e. The molecule has 0 aromatic heterocycles. The number of amides is 1. The number of piperidine rings is 1. The van der Waals surface area contributed by atoms with Crippen LogP contribution in [0.5, 0.6) is 0 Å². The molecule has 2 heterocycles. The van der Waals surface area contributed by atoms with Crippen molar-refractivity contribution in [3.63, 3.8) is 0 Å². The lowest BCUT2D eigenvalue weighted by molar-refractivity contribution is -0.140. The van der Waals surface area contributed by atoms with E-state index in [1.54, 1.807) is 0 Å². The second kappa shape index (κ2) is 4.18. The third-order valence-electron chi connectivity index (χ3n) is 3.39. The van der Waals surface area contributed by atoms with Crippen LogP contribution in [0, 0.1) is 11.8 Å². The van der Waals surface area contributed by atoms with Crippen LogP contribution >= 0.6 is 0 Å². The highest BCUT2D eigenvalue weighted by Crippen LogP contribution is 2.29. The molecule has 0 saturated carbocycles. The smallest absolute Gasteiger partial charge is 0.326 e. The molecule has 2 atom stereocenters. The van der Waals surface area contributed by atoms with Crippen molar-refractivity contribution in [2.75, 3.05) is 13.1 Å². The van der Waals surface area contributed by atoms with Crippen molar-refractivity contribution < 1.29 is 14.7 Å². The van der Waals surface area contributed by atoms with Crippen LogP contribution in [-0.2, 0) is 9.59 Å².